The number of piperidine rings is 1. The molecule has 1 aromatic heterocycles. The van der Waals surface area contributed by atoms with Crippen molar-refractivity contribution in [3.8, 4) is 17.4 Å². The summed E-state index contributed by atoms with van der Waals surface area (Å²) in [4.78, 5) is 11.3. The van der Waals surface area contributed by atoms with Crippen molar-refractivity contribution < 1.29 is 23.4 Å². The molecule has 3 rings (SSSR count). The van der Waals surface area contributed by atoms with E-state index < -0.39 is 0 Å². The third-order valence-corrected chi connectivity index (χ3v) is 3.93. The molecule has 1 aliphatic rings. The second-order valence-corrected chi connectivity index (χ2v) is 5.89. The van der Waals surface area contributed by atoms with E-state index in [9.17, 15) is 4.79 Å². The molecular weight excluding hydrogens is 336 g/mol. The van der Waals surface area contributed by atoms with Gasteiger partial charge < -0.3 is 29.3 Å². The highest BCUT2D eigenvalue weighted by Gasteiger charge is 2.19. The van der Waals surface area contributed by atoms with Gasteiger partial charge in [-0.2, -0.15) is 0 Å². The Labute approximate surface area is 154 Å². The van der Waals surface area contributed by atoms with E-state index >= 15 is 0 Å². The monoisotopic (exact) mass is 364 g/mol. The van der Waals surface area contributed by atoms with Crippen molar-refractivity contribution in [2.75, 3.05) is 39.2 Å². The minimum atomic E-state index is -0.196. The quantitative estimate of drug-likeness (QED) is 0.844. The second kappa shape index (κ2) is 9.91. The lowest BCUT2D eigenvalue weighted by Gasteiger charge is -2.11. The minimum absolute atomic E-state index is 0.196. The summed E-state index contributed by atoms with van der Waals surface area (Å²) in [7, 11) is 3.06. The highest BCUT2D eigenvalue weighted by atomic mass is 16.6. The third-order valence-electron chi connectivity index (χ3n) is 3.93. The fourth-order valence-corrected chi connectivity index (χ4v) is 2.80. The predicted octanol–water partition coefficient (Wildman–Crippen LogP) is 3.57. The van der Waals surface area contributed by atoms with Crippen LogP contribution < -0.4 is 24.8 Å². The number of rotatable bonds is 5. The molecule has 0 atom stereocenters. The Morgan fingerprint density at radius 3 is 2.38 bits per heavy atom. The van der Waals surface area contributed by atoms with E-state index in [1.54, 1.807) is 12.1 Å². The van der Waals surface area contributed by atoms with Gasteiger partial charge in [-0.15, -0.1) is 0 Å². The van der Waals surface area contributed by atoms with E-state index in [2.05, 4.69) is 10.6 Å². The van der Waals surface area contributed by atoms with Crippen molar-refractivity contribution in [2.45, 2.75) is 33.1 Å². The van der Waals surface area contributed by atoms with Crippen LogP contribution in [0.4, 0.5) is 5.69 Å². The molecule has 2 heterocycles. The number of hydrogen-bond donors (Lipinski definition) is 2. The summed E-state index contributed by atoms with van der Waals surface area (Å²) >= 11 is 0. The lowest BCUT2D eigenvalue weighted by molar-refractivity contribution is -0.114. The second-order valence-electron chi connectivity index (χ2n) is 5.89. The number of hydrogen-bond acceptors (Lipinski definition) is 6. The number of nitrogens with one attached hydrogen (secondary N) is 2. The summed E-state index contributed by atoms with van der Waals surface area (Å²) < 4.78 is 21.6. The molecule has 1 saturated heterocycles. The molecule has 1 aromatic carbocycles. The molecule has 1 amide bonds. The van der Waals surface area contributed by atoms with Crippen LogP contribution in [0.3, 0.4) is 0 Å². The number of fused-ring (bicyclic) bond motifs is 1. The van der Waals surface area contributed by atoms with E-state index in [-0.39, 0.29) is 5.91 Å². The van der Waals surface area contributed by atoms with Crippen LogP contribution in [0.5, 0.6) is 17.4 Å². The van der Waals surface area contributed by atoms with Crippen LogP contribution in [0.15, 0.2) is 16.5 Å². The molecule has 1 aliphatic heterocycles. The number of carbonyl (C=O) groups excluding carboxylic acids is 1. The largest absolute Gasteiger partial charge is 0.494 e. The van der Waals surface area contributed by atoms with Gasteiger partial charge in [0.1, 0.15) is 0 Å². The van der Waals surface area contributed by atoms with Crippen molar-refractivity contribution >= 4 is 22.6 Å². The Bertz CT molecular complexity index is 711. The standard InChI is InChI=1S/C14H17NO5.C5H11N/c1-5-19-12-6-9-13(18-4)10(15-8(2)16)7-11(17-3)14(9)20-12;1-2-4-6-5-3-1/h6-7H,5H2,1-4H3,(H,15,16);6H,1-5H2. The van der Waals surface area contributed by atoms with Crippen molar-refractivity contribution in [1.29, 1.82) is 0 Å². The molecular formula is C19H28N2O5. The Hall–Kier alpha value is -2.41. The van der Waals surface area contributed by atoms with Crippen LogP contribution in [0.1, 0.15) is 33.1 Å². The predicted molar refractivity (Wildman–Crippen MR) is 102 cm³/mol. The minimum Gasteiger partial charge on any atom is -0.494 e. The van der Waals surface area contributed by atoms with Gasteiger partial charge in [0.25, 0.3) is 5.95 Å². The maximum absolute atomic E-state index is 11.3. The summed E-state index contributed by atoms with van der Waals surface area (Å²) in [6.45, 7) is 6.28. The van der Waals surface area contributed by atoms with Gasteiger partial charge in [0.2, 0.25) is 5.91 Å². The number of anilines is 1. The van der Waals surface area contributed by atoms with Gasteiger partial charge in [-0.3, -0.25) is 4.79 Å². The van der Waals surface area contributed by atoms with E-state index in [0.29, 0.717) is 40.7 Å². The lowest BCUT2D eigenvalue weighted by atomic mass is 10.2. The fourth-order valence-electron chi connectivity index (χ4n) is 2.80. The third kappa shape index (κ3) is 5.05. The van der Waals surface area contributed by atoms with Crippen molar-refractivity contribution in [1.82, 2.24) is 5.32 Å². The molecule has 1 fully saturated rings. The summed E-state index contributed by atoms with van der Waals surface area (Å²) in [6, 6.07) is 3.37. The van der Waals surface area contributed by atoms with Gasteiger partial charge in [-0.1, -0.05) is 6.42 Å². The maximum Gasteiger partial charge on any atom is 0.285 e. The van der Waals surface area contributed by atoms with Gasteiger partial charge >= 0.3 is 0 Å². The first-order valence-electron chi connectivity index (χ1n) is 8.90. The molecule has 7 nitrogen and oxygen atoms in total. The zero-order valence-electron chi connectivity index (χ0n) is 15.9. The van der Waals surface area contributed by atoms with Crippen molar-refractivity contribution in [3.05, 3.63) is 12.1 Å². The Morgan fingerprint density at radius 2 is 1.92 bits per heavy atom. The number of furan rings is 1. The van der Waals surface area contributed by atoms with Crippen LogP contribution in [0.25, 0.3) is 11.0 Å². The van der Waals surface area contributed by atoms with E-state index in [1.807, 2.05) is 6.92 Å². The van der Waals surface area contributed by atoms with Crippen molar-refractivity contribution in [2.24, 2.45) is 0 Å². The normalized spacial score (nSPS) is 13.5. The number of benzene rings is 1. The average Bonchev–Trinajstić information content (AvgIpc) is 3.06. The highest BCUT2D eigenvalue weighted by molar-refractivity contribution is 6.00. The molecule has 0 radical (unpaired) electrons. The van der Waals surface area contributed by atoms with Crippen LogP contribution in [-0.2, 0) is 4.79 Å². The Morgan fingerprint density at radius 1 is 1.19 bits per heavy atom. The van der Waals surface area contributed by atoms with Crippen LogP contribution in [0, 0.1) is 0 Å². The molecule has 0 saturated carbocycles. The maximum atomic E-state index is 11.3. The SMILES string of the molecule is C1CCNCC1.CCOc1cc2c(OC)c(NC(C)=O)cc(OC)c2o1. The first-order valence-corrected chi connectivity index (χ1v) is 8.90. The van der Waals surface area contributed by atoms with Gasteiger partial charge in [-0.05, 0) is 32.9 Å². The summed E-state index contributed by atoms with van der Waals surface area (Å²) in [5.74, 6) is 1.18. The van der Waals surface area contributed by atoms with E-state index in [4.69, 9.17) is 18.6 Å². The number of methoxy groups -OCH3 is 2. The Balaban J connectivity index is 0.000000342. The smallest absolute Gasteiger partial charge is 0.285 e. The highest BCUT2D eigenvalue weighted by Crippen LogP contribution is 2.43. The number of carbonyl (C=O) groups is 1. The van der Waals surface area contributed by atoms with Crippen LogP contribution >= 0.6 is 0 Å². The lowest BCUT2D eigenvalue weighted by Crippen LogP contribution is -2.21. The topological polar surface area (TPSA) is 82.0 Å². The zero-order chi connectivity index (χ0) is 18.9. The zero-order valence-corrected chi connectivity index (χ0v) is 15.9. The number of amides is 1. The molecule has 7 heteroatoms. The van der Waals surface area contributed by atoms with E-state index in [0.717, 1.165) is 0 Å². The van der Waals surface area contributed by atoms with Gasteiger partial charge in [0.15, 0.2) is 17.1 Å². The van der Waals surface area contributed by atoms with Gasteiger partial charge in [0.05, 0.1) is 31.9 Å². The summed E-state index contributed by atoms with van der Waals surface area (Å²) in [5.41, 5.74) is 1.04. The number of ether oxygens (including phenoxy) is 3. The average molecular weight is 364 g/mol. The molecule has 2 N–H and O–H groups in total. The van der Waals surface area contributed by atoms with E-state index in [1.165, 1.54) is 53.5 Å². The molecule has 26 heavy (non-hydrogen) atoms. The molecule has 0 aliphatic carbocycles. The first-order chi connectivity index (χ1) is 12.6. The fraction of sp³-hybridized carbons (Fsp3) is 0.526. The molecule has 0 unspecified atom stereocenters. The Kier molecular flexibility index (Phi) is 7.59. The van der Waals surface area contributed by atoms with Crippen LogP contribution in [-0.4, -0.2) is 39.8 Å². The first kappa shape index (κ1) is 19.9. The van der Waals surface area contributed by atoms with Crippen molar-refractivity contribution in [3.63, 3.8) is 0 Å². The molecule has 2 aromatic rings. The van der Waals surface area contributed by atoms with Gasteiger partial charge in [0, 0.05) is 19.1 Å². The van der Waals surface area contributed by atoms with Crippen LogP contribution in [0.2, 0.25) is 0 Å². The summed E-state index contributed by atoms with van der Waals surface area (Å²) in [6.07, 6.45) is 4.22. The molecule has 144 valence electrons. The molecule has 0 bridgehead atoms. The molecule has 0 spiro atoms. The summed E-state index contributed by atoms with van der Waals surface area (Å²) in [5, 5.41) is 6.67. The van der Waals surface area contributed by atoms with Gasteiger partial charge in [-0.25, -0.2) is 0 Å².